The summed E-state index contributed by atoms with van der Waals surface area (Å²) in [5, 5.41) is 0. The van der Waals surface area contributed by atoms with Gasteiger partial charge in [0.25, 0.3) is 0 Å². The molecule has 6 heteroatoms. The van der Waals surface area contributed by atoms with E-state index in [9.17, 15) is 9.59 Å². The Kier molecular flexibility index (Phi) is 6.56. The molecule has 4 rings (SSSR count). The van der Waals surface area contributed by atoms with Crippen LogP contribution in [0.2, 0.25) is 0 Å². The predicted molar refractivity (Wildman–Crippen MR) is 119 cm³/mol. The first-order valence-corrected chi connectivity index (χ1v) is 10.9. The van der Waals surface area contributed by atoms with E-state index in [0.29, 0.717) is 18.9 Å². The molecule has 0 aromatic heterocycles. The lowest BCUT2D eigenvalue weighted by Gasteiger charge is -2.22. The Bertz CT molecular complexity index is 924. The molecule has 2 aromatic carbocycles. The van der Waals surface area contributed by atoms with Crippen molar-refractivity contribution in [2.45, 2.75) is 25.2 Å². The summed E-state index contributed by atoms with van der Waals surface area (Å²) in [7, 11) is 3.44. The zero-order valence-electron chi connectivity index (χ0n) is 18.3. The summed E-state index contributed by atoms with van der Waals surface area (Å²) in [6, 6.07) is 15.7. The number of nitrogens with zero attached hydrogens (tertiary/aromatic N) is 2. The van der Waals surface area contributed by atoms with Crippen molar-refractivity contribution in [3.05, 3.63) is 59.7 Å². The van der Waals surface area contributed by atoms with Crippen molar-refractivity contribution < 1.29 is 19.1 Å². The first kappa shape index (κ1) is 21.4. The molecule has 0 aliphatic carbocycles. The van der Waals surface area contributed by atoms with E-state index in [1.807, 2.05) is 42.5 Å². The Balaban J connectivity index is 1.43. The maximum absolute atomic E-state index is 12.7. The molecule has 164 valence electrons. The smallest absolute Gasteiger partial charge is 0.246 e. The quantitative estimate of drug-likeness (QED) is 0.687. The second-order valence-electron chi connectivity index (χ2n) is 8.47. The minimum Gasteiger partial charge on any atom is -0.496 e. The van der Waals surface area contributed by atoms with E-state index in [0.717, 1.165) is 43.1 Å². The molecule has 31 heavy (non-hydrogen) atoms. The fourth-order valence-corrected chi connectivity index (χ4v) is 4.48. The van der Waals surface area contributed by atoms with Crippen LogP contribution in [-0.4, -0.2) is 57.2 Å². The molecule has 2 aliphatic heterocycles. The number of anilines is 1. The van der Waals surface area contributed by atoms with Crippen molar-refractivity contribution in [2.75, 3.05) is 45.4 Å². The lowest BCUT2D eigenvalue weighted by atomic mass is 9.92. The van der Waals surface area contributed by atoms with Crippen LogP contribution in [-0.2, 0) is 20.7 Å². The summed E-state index contributed by atoms with van der Waals surface area (Å²) in [6.45, 7) is 2.28. The largest absolute Gasteiger partial charge is 0.496 e. The van der Waals surface area contributed by atoms with Crippen molar-refractivity contribution in [3.8, 4) is 5.75 Å². The number of likely N-dealkylation sites (N-methyl/N-ethyl adjacent to an activating group) is 1. The third-order valence-corrected chi connectivity index (χ3v) is 6.37. The van der Waals surface area contributed by atoms with Crippen LogP contribution < -0.4 is 9.64 Å². The molecular weight excluding hydrogens is 392 g/mol. The number of hydrogen-bond donors (Lipinski definition) is 0. The highest BCUT2D eigenvalue weighted by Crippen LogP contribution is 2.33. The van der Waals surface area contributed by atoms with Crippen LogP contribution in [0.1, 0.15) is 29.9 Å². The standard InChI is InChI=1S/C25H30N2O4/c1-26(22-6-4-3-5-7-22)25(29)16-27-15-21(14-24(27)28)19-8-9-23(30-2)20(13-19)12-18-10-11-31-17-18/h3-9,13,18,21H,10-12,14-17H2,1-2H3/t18?,21-/m1/s1. The highest BCUT2D eigenvalue weighted by Gasteiger charge is 2.33. The maximum atomic E-state index is 12.7. The number of rotatable bonds is 7. The van der Waals surface area contributed by atoms with E-state index >= 15 is 0 Å². The molecule has 2 heterocycles. The van der Waals surface area contributed by atoms with Gasteiger partial charge in [-0.25, -0.2) is 0 Å². The number of ether oxygens (including phenoxy) is 2. The average molecular weight is 423 g/mol. The molecule has 0 saturated carbocycles. The lowest BCUT2D eigenvalue weighted by molar-refractivity contribution is -0.132. The van der Waals surface area contributed by atoms with Gasteiger partial charge in [-0.2, -0.15) is 0 Å². The zero-order chi connectivity index (χ0) is 21.8. The van der Waals surface area contributed by atoms with Gasteiger partial charge < -0.3 is 19.3 Å². The second kappa shape index (κ2) is 9.52. The number of para-hydroxylation sites is 1. The molecule has 0 spiro atoms. The summed E-state index contributed by atoms with van der Waals surface area (Å²) in [6.07, 6.45) is 2.42. The van der Waals surface area contributed by atoms with Gasteiger partial charge >= 0.3 is 0 Å². The fourth-order valence-electron chi connectivity index (χ4n) is 4.48. The molecule has 2 fully saturated rings. The molecule has 0 bridgehead atoms. The van der Waals surface area contributed by atoms with Gasteiger partial charge in [0.2, 0.25) is 11.8 Å². The van der Waals surface area contributed by atoms with Gasteiger partial charge in [0.15, 0.2) is 0 Å². The van der Waals surface area contributed by atoms with Crippen LogP contribution in [0.15, 0.2) is 48.5 Å². The average Bonchev–Trinajstić information content (AvgIpc) is 3.43. The SMILES string of the molecule is COc1ccc([C@@H]2CC(=O)N(CC(=O)N(C)c3ccccc3)C2)cc1CC1CCOC1. The Morgan fingerprint density at radius 2 is 2.03 bits per heavy atom. The van der Waals surface area contributed by atoms with Crippen LogP contribution in [0.5, 0.6) is 5.75 Å². The maximum Gasteiger partial charge on any atom is 0.246 e. The Morgan fingerprint density at radius 1 is 1.23 bits per heavy atom. The van der Waals surface area contributed by atoms with Crippen LogP contribution >= 0.6 is 0 Å². The van der Waals surface area contributed by atoms with Crippen molar-refractivity contribution in [2.24, 2.45) is 5.92 Å². The van der Waals surface area contributed by atoms with E-state index in [1.165, 1.54) is 5.56 Å². The van der Waals surface area contributed by atoms with Gasteiger partial charge in [0.05, 0.1) is 7.11 Å². The zero-order valence-corrected chi connectivity index (χ0v) is 18.3. The van der Waals surface area contributed by atoms with E-state index in [1.54, 1.807) is 24.0 Å². The molecule has 2 saturated heterocycles. The molecule has 2 aromatic rings. The van der Waals surface area contributed by atoms with Gasteiger partial charge in [-0.1, -0.05) is 30.3 Å². The number of methoxy groups -OCH3 is 1. The van der Waals surface area contributed by atoms with E-state index in [-0.39, 0.29) is 24.3 Å². The monoisotopic (exact) mass is 422 g/mol. The highest BCUT2D eigenvalue weighted by molar-refractivity contribution is 5.96. The number of amides is 2. The number of carbonyl (C=O) groups excluding carboxylic acids is 2. The third-order valence-electron chi connectivity index (χ3n) is 6.37. The van der Waals surface area contributed by atoms with Crippen LogP contribution in [0, 0.1) is 5.92 Å². The van der Waals surface area contributed by atoms with Gasteiger partial charge in [0, 0.05) is 44.8 Å². The molecule has 2 atom stereocenters. The number of carbonyl (C=O) groups is 2. The summed E-state index contributed by atoms with van der Waals surface area (Å²) in [5.41, 5.74) is 3.13. The summed E-state index contributed by atoms with van der Waals surface area (Å²) in [5.74, 6) is 1.43. The highest BCUT2D eigenvalue weighted by atomic mass is 16.5. The van der Waals surface area contributed by atoms with E-state index in [2.05, 4.69) is 6.07 Å². The fraction of sp³-hybridized carbons (Fsp3) is 0.440. The molecular formula is C25H30N2O4. The molecule has 1 unspecified atom stereocenters. The topological polar surface area (TPSA) is 59.1 Å². The van der Waals surface area contributed by atoms with Gasteiger partial charge in [0.1, 0.15) is 12.3 Å². The van der Waals surface area contributed by atoms with Crippen LogP contribution in [0.4, 0.5) is 5.69 Å². The number of likely N-dealkylation sites (tertiary alicyclic amines) is 1. The van der Waals surface area contributed by atoms with Crippen molar-refractivity contribution >= 4 is 17.5 Å². The minimum absolute atomic E-state index is 0.0290. The first-order valence-electron chi connectivity index (χ1n) is 10.9. The number of benzene rings is 2. The second-order valence-corrected chi connectivity index (χ2v) is 8.47. The molecule has 2 amide bonds. The predicted octanol–water partition coefficient (Wildman–Crippen LogP) is 3.25. The summed E-state index contributed by atoms with van der Waals surface area (Å²) in [4.78, 5) is 28.7. The summed E-state index contributed by atoms with van der Waals surface area (Å²) < 4.78 is 11.1. The minimum atomic E-state index is -0.0862. The first-order chi connectivity index (χ1) is 15.0. The molecule has 0 radical (unpaired) electrons. The molecule has 2 aliphatic rings. The van der Waals surface area contributed by atoms with Gasteiger partial charge in [-0.15, -0.1) is 0 Å². The Labute approximate surface area is 183 Å². The Hall–Kier alpha value is -2.86. The van der Waals surface area contributed by atoms with Gasteiger partial charge in [-0.3, -0.25) is 9.59 Å². The lowest BCUT2D eigenvalue weighted by Crippen LogP contribution is -2.39. The summed E-state index contributed by atoms with van der Waals surface area (Å²) >= 11 is 0. The van der Waals surface area contributed by atoms with Gasteiger partial charge in [-0.05, 0) is 48.1 Å². The van der Waals surface area contributed by atoms with Crippen molar-refractivity contribution in [3.63, 3.8) is 0 Å². The van der Waals surface area contributed by atoms with E-state index in [4.69, 9.17) is 9.47 Å². The molecule has 6 nitrogen and oxygen atoms in total. The normalized spacial score (nSPS) is 20.8. The Morgan fingerprint density at radius 3 is 2.74 bits per heavy atom. The van der Waals surface area contributed by atoms with Crippen LogP contribution in [0.25, 0.3) is 0 Å². The van der Waals surface area contributed by atoms with E-state index < -0.39 is 0 Å². The van der Waals surface area contributed by atoms with Crippen molar-refractivity contribution in [1.29, 1.82) is 0 Å². The molecule has 0 N–H and O–H groups in total. The van der Waals surface area contributed by atoms with Crippen molar-refractivity contribution in [1.82, 2.24) is 4.90 Å². The number of hydrogen-bond acceptors (Lipinski definition) is 4. The third kappa shape index (κ3) is 4.90. The van der Waals surface area contributed by atoms with Crippen LogP contribution in [0.3, 0.4) is 0 Å².